The minimum atomic E-state index is -0.257. The van der Waals surface area contributed by atoms with Gasteiger partial charge >= 0.3 is 21.1 Å². The van der Waals surface area contributed by atoms with Crippen molar-refractivity contribution in [2.24, 2.45) is 0 Å². The van der Waals surface area contributed by atoms with Crippen molar-refractivity contribution < 1.29 is 21.1 Å². The average Bonchev–Trinajstić information content (AvgIpc) is 3.69. The van der Waals surface area contributed by atoms with Gasteiger partial charge in [-0.3, -0.25) is 9.97 Å². The van der Waals surface area contributed by atoms with Gasteiger partial charge in [0.05, 0.1) is 0 Å². The van der Waals surface area contributed by atoms with Crippen LogP contribution in [-0.2, 0) is 26.5 Å². The van der Waals surface area contributed by atoms with Gasteiger partial charge in [-0.1, -0.05) is 123 Å². The van der Waals surface area contributed by atoms with E-state index in [-0.39, 0.29) is 26.5 Å². The largest absolute Gasteiger partial charge is 4.00 e. The number of hydrogen-bond donors (Lipinski definition) is 0. The van der Waals surface area contributed by atoms with Crippen LogP contribution < -0.4 is 14.7 Å². The fourth-order valence-electron chi connectivity index (χ4n) is 5.49. The summed E-state index contributed by atoms with van der Waals surface area (Å²) in [6, 6.07) is 39.7. The molecule has 46 heavy (non-hydrogen) atoms. The summed E-state index contributed by atoms with van der Waals surface area (Å²) in [7, 11) is 2.00. The van der Waals surface area contributed by atoms with E-state index >= 15 is 0 Å². The van der Waals surface area contributed by atoms with E-state index in [1.54, 1.807) is 0 Å². The van der Waals surface area contributed by atoms with Crippen molar-refractivity contribution in [2.45, 2.75) is 26.2 Å². The van der Waals surface area contributed by atoms with Crippen LogP contribution >= 0.6 is 0 Å². The maximum Gasteiger partial charge on any atom is 4.00 e. The second-order valence-corrected chi connectivity index (χ2v) is 11.8. The molecule has 5 aromatic rings. The molecule has 4 aromatic carbocycles. The van der Waals surface area contributed by atoms with Crippen LogP contribution in [0, 0.1) is 31.2 Å². The molecule has 0 atom stereocenters. The van der Waals surface area contributed by atoms with Gasteiger partial charge in [-0.15, -0.1) is 6.67 Å². The molecule has 2 aliphatic heterocycles. The monoisotopic (exact) mass is 782 g/mol. The molecule has 0 aliphatic carbocycles. The van der Waals surface area contributed by atoms with Gasteiger partial charge in [-0.05, 0) is 42.7 Å². The summed E-state index contributed by atoms with van der Waals surface area (Å²) >= 11 is 0. The fourth-order valence-corrected chi connectivity index (χ4v) is 5.49. The Morgan fingerprint density at radius 1 is 0.652 bits per heavy atom. The molecule has 3 heterocycles. The normalized spacial score (nSPS) is 13.6. The van der Waals surface area contributed by atoms with Gasteiger partial charge in [-0.2, -0.15) is 6.67 Å². The van der Waals surface area contributed by atoms with Gasteiger partial charge in [0.25, 0.3) is 0 Å². The number of fused-ring (bicyclic) bond motifs is 1. The van der Waals surface area contributed by atoms with Crippen molar-refractivity contribution in [3.8, 4) is 22.3 Å². The first-order valence-electron chi connectivity index (χ1n) is 14.7. The standard InChI is InChI=1S/C37H33N6.CN.Pt/c1-37(2,3)36-38-33(41-23-22-40(4)25-41)24-34(39-36)42-26-43(32-21-12-11-20-31(32)42)35-29(27-14-7-5-8-15-27)18-13-19-30(35)28-16-9-6-10-17-28;1-2;/h5-23,25-26H,1-4H3;;/q-3;-1;+4. The number of aromatic nitrogens is 2. The molecule has 230 valence electrons. The zero-order valence-electron chi connectivity index (χ0n) is 26.1. The summed E-state index contributed by atoms with van der Waals surface area (Å²) in [5, 5.41) is 6.25. The first kappa shape index (κ1) is 32.5. The predicted octanol–water partition coefficient (Wildman–Crippen LogP) is 8.75. The average molecular weight is 783 g/mol. The van der Waals surface area contributed by atoms with Crippen molar-refractivity contribution in [1.82, 2.24) is 14.9 Å². The predicted molar refractivity (Wildman–Crippen MR) is 181 cm³/mol. The third-order valence-electron chi connectivity index (χ3n) is 7.64. The maximum absolute atomic E-state index is 6.25. The number of nitrogens with zero attached hydrogens (tertiary/aromatic N) is 7. The van der Waals surface area contributed by atoms with E-state index < -0.39 is 0 Å². The summed E-state index contributed by atoms with van der Waals surface area (Å²) in [4.78, 5) is 18.4. The second-order valence-electron chi connectivity index (χ2n) is 11.8. The van der Waals surface area contributed by atoms with E-state index in [0.717, 1.165) is 45.1 Å². The third kappa shape index (κ3) is 6.27. The minimum absolute atomic E-state index is 0. The zero-order valence-corrected chi connectivity index (χ0v) is 28.3. The Kier molecular flexibility index (Phi) is 9.60. The Hall–Kier alpha value is -4.92. The van der Waals surface area contributed by atoms with Crippen LogP contribution in [-0.4, -0.2) is 21.9 Å². The van der Waals surface area contributed by atoms with Crippen LogP contribution in [0.4, 0.5) is 28.7 Å². The minimum Gasteiger partial charge on any atom is -0.512 e. The molecule has 0 spiro atoms. The Bertz CT molecular complexity index is 1790. The number of anilines is 5. The van der Waals surface area contributed by atoms with Crippen molar-refractivity contribution in [3.05, 3.63) is 147 Å². The molecule has 8 heteroatoms. The number of benzene rings is 4. The molecule has 0 fully saturated rings. The van der Waals surface area contributed by atoms with Crippen LogP contribution in [0.3, 0.4) is 0 Å². The zero-order chi connectivity index (χ0) is 31.6. The molecule has 0 unspecified atom stereocenters. The first-order chi connectivity index (χ1) is 21.9. The van der Waals surface area contributed by atoms with Gasteiger partial charge in [0.1, 0.15) is 5.82 Å². The van der Waals surface area contributed by atoms with Gasteiger partial charge in [0.2, 0.25) is 0 Å². The van der Waals surface area contributed by atoms with E-state index in [1.807, 2.05) is 35.9 Å². The van der Waals surface area contributed by atoms with E-state index in [0.29, 0.717) is 11.6 Å². The summed E-state index contributed by atoms with van der Waals surface area (Å²) in [5.74, 6) is 2.15. The SMILES string of the molecule is CN1C=CN(c2[c-]c(N3[CH-]N(c4c(-c5ccccc5)cccc4-c4ccccc4)c4ccccc43)nc(C(C)(C)C)n2)[CH-]1.[C-]#N.[Pt+4]. The molecule has 1 aromatic heterocycles. The van der Waals surface area contributed by atoms with Crippen molar-refractivity contribution in [3.63, 3.8) is 0 Å². The van der Waals surface area contributed by atoms with Gasteiger partial charge in [0, 0.05) is 33.6 Å². The molecule has 0 N–H and O–H groups in total. The summed E-state index contributed by atoms with van der Waals surface area (Å²) < 4.78 is 0. The smallest absolute Gasteiger partial charge is 0.512 e. The molecule has 7 nitrogen and oxygen atoms in total. The molecule has 0 bridgehead atoms. The van der Waals surface area contributed by atoms with Gasteiger partial charge in [0.15, 0.2) is 0 Å². The van der Waals surface area contributed by atoms with Crippen LogP contribution in [0.5, 0.6) is 0 Å². The van der Waals surface area contributed by atoms with E-state index in [9.17, 15) is 0 Å². The molecule has 0 saturated carbocycles. The fraction of sp³-hybridized carbons (Fsp3) is 0.132. The Morgan fingerprint density at radius 2 is 1.17 bits per heavy atom. The Balaban J connectivity index is 0.00000136. The number of rotatable bonds is 5. The Labute approximate surface area is 286 Å². The van der Waals surface area contributed by atoms with Gasteiger partial charge < -0.3 is 37.5 Å². The molecule has 7 rings (SSSR count). The summed E-state index contributed by atoms with van der Waals surface area (Å²) in [6.45, 7) is 15.3. The van der Waals surface area contributed by atoms with E-state index in [2.05, 4.69) is 146 Å². The molecular weight excluding hydrogens is 750 g/mol. The maximum atomic E-state index is 6.25. The quantitative estimate of drug-likeness (QED) is 0.165. The Morgan fingerprint density at radius 3 is 1.70 bits per heavy atom. The summed E-state index contributed by atoms with van der Waals surface area (Å²) in [6.07, 6.45) is 3.99. The number of para-hydroxylation sites is 3. The van der Waals surface area contributed by atoms with Crippen LogP contribution in [0.1, 0.15) is 26.6 Å². The van der Waals surface area contributed by atoms with Crippen molar-refractivity contribution in [1.29, 1.82) is 5.26 Å². The van der Waals surface area contributed by atoms with Crippen molar-refractivity contribution in [2.75, 3.05) is 21.7 Å². The molecule has 0 amide bonds. The van der Waals surface area contributed by atoms with E-state index in [4.69, 9.17) is 21.8 Å². The molecular formula is C38H33N7Pt. The molecule has 2 aliphatic rings. The summed E-state index contributed by atoms with van der Waals surface area (Å²) in [5.41, 5.74) is 7.57. The molecule has 0 radical (unpaired) electrons. The first-order valence-corrected chi connectivity index (χ1v) is 14.7. The van der Waals surface area contributed by atoms with Crippen LogP contribution in [0.2, 0.25) is 0 Å². The van der Waals surface area contributed by atoms with E-state index in [1.165, 1.54) is 0 Å². The van der Waals surface area contributed by atoms with Gasteiger partial charge in [-0.25, -0.2) is 0 Å². The third-order valence-corrected chi connectivity index (χ3v) is 7.64. The number of hydrogen-bond acceptors (Lipinski definition) is 7. The van der Waals surface area contributed by atoms with Crippen LogP contribution in [0.25, 0.3) is 22.3 Å². The molecule has 0 saturated heterocycles. The van der Waals surface area contributed by atoms with Crippen LogP contribution in [0.15, 0.2) is 116 Å². The topological polar surface area (TPSA) is 62.5 Å². The second kappa shape index (κ2) is 13.6. The van der Waals surface area contributed by atoms with Crippen molar-refractivity contribution >= 4 is 28.7 Å².